The molecule has 1 aromatic carbocycles. The topological polar surface area (TPSA) is 55.1 Å². The molecule has 1 aromatic rings. The summed E-state index contributed by atoms with van der Waals surface area (Å²) in [5, 5.41) is 3.27. The Morgan fingerprint density at radius 2 is 2.38 bits per heavy atom. The molecule has 1 saturated heterocycles. The first-order valence-corrected chi connectivity index (χ1v) is 5.77. The van der Waals surface area contributed by atoms with Gasteiger partial charge in [0.2, 0.25) is 0 Å². The Morgan fingerprint density at radius 1 is 1.56 bits per heavy atom. The van der Waals surface area contributed by atoms with Crippen molar-refractivity contribution >= 4 is 11.5 Å². The third-order valence-electron chi connectivity index (χ3n) is 3.26. The third kappa shape index (κ3) is 2.25. The number of para-hydroxylation sites is 1. The Balaban J connectivity index is 2.11. The van der Waals surface area contributed by atoms with Crippen LogP contribution >= 0.6 is 0 Å². The molecule has 0 spiro atoms. The van der Waals surface area contributed by atoms with Crippen molar-refractivity contribution in [3.8, 4) is 0 Å². The normalized spacial score (nSPS) is 19.9. The zero-order valence-electron chi connectivity index (χ0n) is 9.62. The summed E-state index contributed by atoms with van der Waals surface area (Å²) in [5.74, 6) is 0.655. The highest BCUT2D eigenvalue weighted by molar-refractivity contribution is 6.01. The lowest BCUT2D eigenvalue weighted by atomic mass is 9.95. The number of nitrogen functional groups attached to an aromatic ring is 1. The van der Waals surface area contributed by atoms with Gasteiger partial charge in [-0.1, -0.05) is 12.1 Å². The van der Waals surface area contributed by atoms with Crippen molar-refractivity contribution in [3.05, 3.63) is 29.3 Å². The molecular weight excluding hydrogens is 200 g/mol. The predicted molar refractivity (Wildman–Crippen MR) is 65.5 cm³/mol. The fraction of sp³-hybridized carbons (Fsp3) is 0.462. The van der Waals surface area contributed by atoms with Crippen molar-refractivity contribution in [3.63, 3.8) is 0 Å². The molecule has 86 valence electrons. The summed E-state index contributed by atoms with van der Waals surface area (Å²) in [6, 6.07) is 5.65. The SMILES string of the molecule is Cc1cccc(C(=O)CC2CCNC2)c1N. The number of carbonyl (C=O) groups is 1. The van der Waals surface area contributed by atoms with Crippen LogP contribution in [0.3, 0.4) is 0 Å². The summed E-state index contributed by atoms with van der Waals surface area (Å²) < 4.78 is 0. The summed E-state index contributed by atoms with van der Waals surface area (Å²) in [7, 11) is 0. The highest BCUT2D eigenvalue weighted by Crippen LogP contribution is 2.21. The van der Waals surface area contributed by atoms with Crippen molar-refractivity contribution in [1.82, 2.24) is 5.32 Å². The molecule has 3 N–H and O–H groups in total. The predicted octanol–water partition coefficient (Wildman–Crippen LogP) is 1.76. The third-order valence-corrected chi connectivity index (χ3v) is 3.26. The minimum absolute atomic E-state index is 0.176. The van der Waals surface area contributed by atoms with Crippen molar-refractivity contribution in [2.24, 2.45) is 5.92 Å². The molecule has 1 fully saturated rings. The quantitative estimate of drug-likeness (QED) is 0.600. The summed E-state index contributed by atoms with van der Waals surface area (Å²) in [5.41, 5.74) is 8.23. The van der Waals surface area contributed by atoms with E-state index >= 15 is 0 Å². The fourth-order valence-electron chi connectivity index (χ4n) is 2.18. The molecule has 0 saturated carbocycles. The lowest BCUT2D eigenvalue weighted by Gasteiger charge is -2.10. The van der Waals surface area contributed by atoms with Gasteiger partial charge in [0.05, 0.1) is 0 Å². The molecule has 3 heteroatoms. The van der Waals surface area contributed by atoms with E-state index in [1.807, 2.05) is 25.1 Å². The Bertz CT molecular complexity index is 395. The van der Waals surface area contributed by atoms with Crippen LogP contribution in [0.5, 0.6) is 0 Å². The van der Waals surface area contributed by atoms with Crippen LogP contribution in [0.1, 0.15) is 28.8 Å². The first kappa shape index (κ1) is 11.1. The Morgan fingerprint density at radius 3 is 3.06 bits per heavy atom. The molecule has 1 aliphatic rings. The van der Waals surface area contributed by atoms with Crippen molar-refractivity contribution in [1.29, 1.82) is 0 Å². The van der Waals surface area contributed by atoms with Gasteiger partial charge in [0.1, 0.15) is 0 Å². The number of nitrogens with one attached hydrogen (secondary N) is 1. The second-order valence-electron chi connectivity index (χ2n) is 4.52. The summed E-state index contributed by atoms with van der Waals surface area (Å²) in [4.78, 5) is 12.1. The summed E-state index contributed by atoms with van der Waals surface area (Å²) in [6.07, 6.45) is 1.71. The number of carbonyl (C=O) groups excluding carboxylic acids is 1. The molecule has 0 aromatic heterocycles. The van der Waals surface area contributed by atoms with Gasteiger partial charge in [0.15, 0.2) is 5.78 Å². The lowest BCUT2D eigenvalue weighted by Crippen LogP contribution is -2.14. The maximum atomic E-state index is 12.1. The van der Waals surface area contributed by atoms with Crippen LogP contribution in [0.15, 0.2) is 18.2 Å². The first-order chi connectivity index (χ1) is 7.68. The van der Waals surface area contributed by atoms with Crippen LogP contribution in [-0.4, -0.2) is 18.9 Å². The van der Waals surface area contributed by atoms with Gasteiger partial charge in [0, 0.05) is 17.7 Å². The molecule has 1 unspecified atom stereocenters. The number of aryl methyl sites for hydroxylation is 1. The molecule has 0 radical (unpaired) electrons. The number of Topliss-reactive ketones (excluding diaryl/α,β-unsaturated/α-hetero) is 1. The zero-order chi connectivity index (χ0) is 11.5. The largest absolute Gasteiger partial charge is 0.398 e. The van der Waals surface area contributed by atoms with Crippen LogP contribution in [0.25, 0.3) is 0 Å². The van der Waals surface area contributed by atoms with Gasteiger partial charge in [-0.25, -0.2) is 0 Å². The number of hydrogen-bond donors (Lipinski definition) is 2. The first-order valence-electron chi connectivity index (χ1n) is 5.77. The lowest BCUT2D eigenvalue weighted by molar-refractivity contribution is 0.0965. The van der Waals surface area contributed by atoms with Gasteiger partial charge in [0.25, 0.3) is 0 Å². The monoisotopic (exact) mass is 218 g/mol. The van der Waals surface area contributed by atoms with Crippen LogP contribution in [0.2, 0.25) is 0 Å². The molecule has 1 atom stereocenters. The highest BCUT2D eigenvalue weighted by atomic mass is 16.1. The maximum absolute atomic E-state index is 12.1. The highest BCUT2D eigenvalue weighted by Gasteiger charge is 2.20. The van der Waals surface area contributed by atoms with Crippen molar-refractivity contribution in [2.75, 3.05) is 18.8 Å². The molecule has 0 aliphatic carbocycles. The van der Waals surface area contributed by atoms with Gasteiger partial charge in [-0.3, -0.25) is 4.79 Å². The molecule has 0 bridgehead atoms. The van der Waals surface area contributed by atoms with E-state index in [0.29, 0.717) is 23.6 Å². The fourth-order valence-corrected chi connectivity index (χ4v) is 2.18. The van der Waals surface area contributed by atoms with Gasteiger partial charge >= 0.3 is 0 Å². The van der Waals surface area contributed by atoms with Crippen LogP contribution < -0.4 is 11.1 Å². The second-order valence-corrected chi connectivity index (χ2v) is 4.52. The number of hydrogen-bond acceptors (Lipinski definition) is 3. The van der Waals surface area contributed by atoms with Gasteiger partial charge < -0.3 is 11.1 Å². The van der Waals surface area contributed by atoms with E-state index in [-0.39, 0.29) is 5.78 Å². The van der Waals surface area contributed by atoms with Gasteiger partial charge in [-0.05, 0) is 44.0 Å². The average Bonchev–Trinajstić information content (AvgIpc) is 2.74. The van der Waals surface area contributed by atoms with E-state index in [2.05, 4.69) is 5.32 Å². The number of nitrogens with two attached hydrogens (primary N) is 1. The molecule has 1 aliphatic heterocycles. The summed E-state index contributed by atoms with van der Waals surface area (Å²) >= 11 is 0. The summed E-state index contributed by atoms with van der Waals surface area (Å²) in [6.45, 7) is 3.92. The van der Waals surface area contributed by atoms with Crippen LogP contribution in [0, 0.1) is 12.8 Å². The average molecular weight is 218 g/mol. The van der Waals surface area contributed by atoms with E-state index < -0.39 is 0 Å². The molecule has 1 heterocycles. The van der Waals surface area contributed by atoms with Gasteiger partial charge in [-0.15, -0.1) is 0 Å². The molecule has 0 amide bonds. The number of rotatable bonds is 3. The van der Waals surface area contributed by atoms with Crippen LogP contribution in [0.4, 0.5) is 5.69 Å². The number of anilines is 1. The van der Waals surface area contributed by atoms with E-state index in [4.69, 9.17) is 5.73 Å². The van der Waals surface area contributed by atoms with E-state index in [9.17, 15) is 4.79 Å². The number of ketones is 1. The maximum Gasteiger partial charge on any atom is 0.165 e. The smallest absolute Gasteiger partial charge is 0.165 e. The Labute approximate surface area is 96.0 Å². The minimum atomic E-state index is 0.176. The second kappa shape index (κ2) is 4.66. The molecule has 3 nitrogen and oxygen atoms in total. The van der Waals surface area contributed by atoms with E-state index in [0.717, 1.165) is 25.1 Å². The minimum Gasteiger partial charge on any atom is -0.398 e. The molecule has 16 heavy (non-hydrogen) atoms. The van der Waals surface area contributed by atoms with Crippen LogP contribution in [-0.2, 0) is 0 Å². The molecular formula is C13H18N2O. The van der Waals surface area contributed by atoms with Gasteiger partial charge in [-0.2, -0.15) is 0 Å². The standard InChI is InChI=1S/C13H18N2O/c1-9-3-2-4-11(13(9)14)12(16)7-10-5-6-15-8-10/h2-4,10,15H,5-8,14H2,1H3. The van der Waals surface area contributed by atoms with E-state index in [1.165, 1.54) is 0 Å². The van der Waals surface area contributed by atoms with Crippen molar-refractivity contribution in [2.45, 2.75) is 19.8 Å². The molecule has 2 rings (SSSR count). The Kier molecular flexibility index (Phi) is 3.25. The van der Waals surface area contributed by atoms with E-state index in [1.54, 1.807) is 0 Å². The Hall–Kier alpha value is -1.35. The number of benzene rings is 1. The zero-order valence-corrected chi connectivity index (χ0v) is 9.62. The van der Waals surface area contributed by atoms with Crippen molar-refractivity contribution < 1.29 is 4.79 Å².